The second kappa shape index (κ2) is 7.89. The molecule has 0 bridgehead atoms. The standard InChI is InChI=1S/C18H23N3O6/c1-3-13-18(23)20(10-16(22)26-12-6-4-11(2)5-7-12)17-14(27-13)8-9-15(19-17)21(24)25/h8-9,11-13H,3-7,10H2,1-2H3. The van der Waals surface area contributed by atoms with Crippen molar-refractivity contribution in [3.05, 3.63) is 22.2 Å². The molecule has 9 heteroatoms. The smallest absolute Gasteiger partial charge is 0.366 e. The molecule has 1 fully saturated rings. The molecule has 1 aliphatic carbocycles. The number of ether oxygens (including phenoxy) is 2. The van der Waals surface area contributed by atoms with Crippen molar-refractivity contribution < 1.29 is 24.0 Å². The Morgan fingerprint density at radius 1 is 1.37 bits per heavy atom. The van der Waals surface area contributed by atoms with Crippen molar-refractivity contribution in [2.45, 2.75) is 58.2 Å². The van der Waals surface area contributed by atoms with Crippen molar-refractivity contribution in [2.75, 3.05) is 11.4 Å². The van der Waals surface area contributed by atoms with Gasteiger partial charge in [0.1, 0.15) is 12.6 Å². The summed E-state index contributed by atoms with van der Waals surface area (Å²) in [6.07, 6.45) is 3.12. The zero-order valence-corrected chi connectivity index (χ0v) is 15.4. The topological polar surface area (TPSA) is 112 Å². The molecule has 2 heterocycles. The molecule has 1 saturated carbocycles. The normalized spacial score (nSPS) is 24.7. The van der Waals surface area contributed by atoms with Crippen LogP contribution >= 0.6 is 0 Å². The fourth-order valence-corrected chi connectivity index (χ4v) is 3.40. The lowest BCUT2D eigenvalue weighted by molar-refractivity contribution is -0.389. The summed E-state index contributed by atoms with van der Waals surface area (Å²) in [6.45, 7) is 3.61. The molecule has 1 aromatic rings. The Balaban J connectivity index is 1.78. The number of pyridine rings is 1. The van der Waals surface area contributed by atoms with Gasteiger partial charge in [0, 0.05) is 6.07 Å². The van der Waals surface area contributed by atoms with Crippen LogP contribution in [0.1, 0.15) is 46.0 Å². The van der Waals surface area contributed by atoms with Gasteiger partial charge in [-0.05, 0) is 54.0 Å². The predicted octanol–water partition coefficient (Wildman–Crippen LogP) is 2.62. The van der Waals surface area contributed by atoms with Gasteiger partial charge in [0.05, 0.1) is 0 Å². The summed E-state index contributed by atoms with van der Waals surface area (Å²) in [5, 5.41) is 11.0. The van der Waals surface area contributed by atoms with Crippen molar-refractivity contribution in [1.29, 1.82) is 0 Å². The van der Waals surface area contributed by atoms with Gasteiger partial charge in [0.25, 0.3) is 11.7 Å². The van der Waals surface area contributed by atoms with Crippen molar-refractivity contribution in [2.24, 2.45) is 5.92 Å². The van der Waals surface area contributed by atoms with Crippen LogP contribution in [0.2, 0.25) is 0 Å². The van der Waals surface area contributed by atoms with E-state index in [2.05, 4.69) is 11.9 Å². The van der Waals surface area contributed by atoms with Gasteiger partial charge >= 0.3 is 11.8 Å². The number of anilines is 1. The summed E-state index contributed by atoms with van der Waals surface area (Å²) < 4.78 is 11.1. The Hall–Kier alpha value is -2.71. The van der Waals surface area contributed by atoms with E-state index in [1.165, 1.54) is 12.1 Å². The molecule has 0 spiro atoms. The summed E-state index contributed by atoms with van der Waals surface area (Å²) in [6, 6.07) is 2.61. The minimum Gasteiger partial charge on any atom is -0.474 e. The maximum Gasteiger partial charge on any atom is 0.366 e. The second-order valence-electron chi connectivity index (χ2n) is 7.06. The molecule has 0 aromatic carbocycles. The maximum atomic E-state index is 12.7. The van der Waals surface area contributed by atoms with Crippen LogP contribution in [0, 0.1) is 16.0 Å². The van der Waals surface area contributed by atoms with Crippen molar-refractivity contribution in [3.8, 4) is 5.75 Å². The summed E-state index contributed by atoms with van der Waals surface area (Å²) in [7, 11) is 0. The highest BCUT2D eigenvalue weighted by Crippen LogP contribution is 2.35. The first-order valence-corrected chi connectivity index (χ1v) is 9.22. The third-order valence-electron chi connectivity index (χ3n) is 5.00. The number of aromatic nitrogens is 1. The average molecular weight is 377 g/mol. The van der Waals surface area contributed by atoms with E-state index < -0.39 is 28.7 Å². The first kappa shape index (κ1) is 19.1. The molecular formula is C18H23N3O6. The third kappa shape index (κ3) is 4.17. The average Bonchev–Trinajstić information content (AvgIpc) is 2.65. The number of esters is 1. The van der Waals surface area contributed by atoms with Crippen LogP contribution in [0.4, 0.5) is 11.6 Å². The minimum atomic E-state index is -0.760. The Kier molecular flexibility index (Phi) is 5.57. The maximum absolute atomic E-state index is 12.7. The minimum absolute atomic E-state index is 0.0203. The van der Waals surface area contributed by atoms with Gasteiger partial charge in [-0.25, -0.2) is 0 Å². The van der Waals surface area contributed by atoms with Crippen molar-refractivity contribution in [1.82, 2.24) is 4.98 Å². The highest BCUT2D eigenvalue weighted by atomic mass is 16.6. The van der Waals surface area contributed by atoms with E-state index >= 15 is 0 Å². The lowest BCUT2D eigenvalue weighted by atomic mass is 9.89. The SMILES string of the molecule is CCC1Oc2ccc([N+](=O)[O-])nc2N(CC(=O)OC2CCC(C)CC2)C1=O. The van der Waals surface area contributed by atoms with E-state index in [0.717, 1.165) is 30.6 Å². The highest BCUT2D eigenvalue weighted by molar-refractivity contribution is 6.02. The first-order chi connectivity index (χ1) is 12.9. The Bertz CT molecular complexity index is 745. The van der Waals surface area contributed by atoms with Gasteiger partial charge in [-0.1, -0.05) is 13.8 Å². The first-order valence-electron chi connectivity index (χ1n) is 9.22. The van der Waals surface area contributed by atoms with Crippen molar-refractivity contribution >= 4 is 23.5 Å². The lowest BCUT2D eigenvalue weighted by Gasteiger charge is -2.31. The number of rotatable bonds is 5. The molecule has 1 aromatic heterocycles. The molecule has 1 unspecified atom stereocenters. The van der Waals surface area contributed by atoms with E-state index in [1.54, 1.807) is 6.92 Å². The molecule has 27 heavy (non-hydrogen) atoms. The van der Waals surface area contributed by atoms with Gasteiger partial charge in [0.2, 0.25) is 0 Å². The molecule has 9 nitrogen and oxygen atoms in total. The second-order valence-corrected chi connectivity index (χ2v) is 7.06. The predicted molar refractivity (Wildman–Crippen MR) is 95.5 cm³/mol. The number of carbonyl (C=O) groups is 2. The summed E-state index contributed by atoms with van der Waals surface area (Å²) in [5.74, 6) is -0.562. The molecule has 2 aliphatic rings. The number of nitrogens with zero attached hydrogens (tertiary/aromatic N) is 3. The molecule has 0 N–H and O–H groups in total. The molecule has 146 valence electrons. The quantitative estimate of drug-likeness (QED) is 0.440. The highest BCUT2D eigenvalue weighted by Gasteiger charge is 2.39. The zero-order valence-electron chi connectivity index (χ0n) is 15.4. The van der Waals surface area contributed by atoms with E-state index in [4.69, 9.17) is 9.47 Å². The van der Waals surface area contributed by atoms with Gasteiger partial charge in [-0.3, -0.25) is 14.5 Å². The van der Waals surface area contributed by atoms with Gasteiger partial charge in [-0.2, -0.15) is 0 Å². The van der Waals surface area contributed by atoms with Gasteiger partial charge in [-0.15, -0.1) is 0 Å². The lowest BCUT2D eigenvalue weighted by Crippen LogP contribution is -2.48. The summed E-state index contributed by atoms with van der Waals surface area (Å²) in [4.78, 5) is 40.5. The molecule has 1 amide bonds. The van der Waals surface area contributed by atoms with Crippen molar-refractivity contribution in [3.63, 3.8) is 0 Å². The van der Waals surface area contributed by atoms with E-state index in [-0.39, 0.29) is 24.2 Å². The molecule has 1 aliphatic heterocycles. The number of amides is 1. The fraction of sp³-hybridized carbons (Fsp3) is 0.611. The molecule has 1 atom stereocenters. The molecular weight excluding hydrogens is 354 g/mol. The van der Waals surface area contributed by atoms with Crippen LogP contribution in [-0.2, 0) is 14.3 Å². The Labute approximate surface area is 156 Å². The van der Waals surface area contributed by atoms with Crippen LogP contribution in [0.5, 0.6) is 5.75 Å². The van der Waals surface area contributed by atoms with Crippen LogP contribution in [0.15, 0.2) is 12.1 Å². The summed E-state index contributed by atoms with van der Waals surface area (Å²) in [5.41, 5.74) is 0. The van der Waals surface area contributed by atoms with E-state index in [0.29, 0.717) is 12.3 Å². The Morgan fingerprint density at radius 2 is 2.07 bits per heavy atom. The third-order valence-corrected chi connectivity index (χ3v) is 5.00. The van der Waals surface area contributed by atoms with Crippen LogP contribution in [0.3, 0.4) is 0 Å². The number of hydrogen-bond acceptors (Lipinski definition) is 7. The largest absolute Gasteiger partial charge is 0.474 e. The molecule has 0 radical (unpaired) electrons. The number of carbonyl (C=O) groups excluding carboxylic acids is 2. The number of hydrogen-bond donors (Lipinski definition) is 0. The van der Waals surface area contributed by atoms with Crippen LogP contribution in [0.25, 0.3) is 0 Å². The molecule has 3 rings (SSSR count). The van der Waals surface area contributed by atoms with Gasteiger partial charge in [0.15, 0.2) is 11.9 Å². The monoisotopic (exact) mass is 377 g/mol. The van der Waals surface area contributed by atoms with Crippen LogP contribution < -0.4 is 9.64 Å². The summed E-state index contributed by atoms with van der Waals surface area (Å²) >= 11 is 0. The fourth-order valence-electron chi connectivity index (χ4n) is 3.40. The number of fused-ring (bicyclic) bond motifs is 1. The molecule has 0 saturated heterocycles. The zero-order chi connectivity index (χ0) is 19.6. The van der Waals surface area contributed by atoms with E-state index in [1.807, 2.05) is 0 Å². The van der Waals surface area contributed by atoms with Gasteiger partial charge < -0.3 is 19.6 Å². The van der Waals surface area contributed by atoms with E-state index in [9.17, 15) is 19.7 Å². The number of nitro groups is 1. The van der Waals surface area contributed by atoms with Crippen LogP contribution in [-0.4, -0.2) is 40.5 Å². The Morgan fingerprint density at radius 3 is 2.70 bits per heavy atom.